The summed E-state index contributed by atoms with van der Waals surface area (Å²) < 4.78 is 6.86. The van der Waals surface area contributed by atoms with Crippen LogP contribution in [0, 0.1) is 0 Å². The van der Waals surface area contributed by atoms with Gasteiger partial charge in [-0.05, 0) is 66.3 Å². The third-order valence-electron chi connectivity index (χ3n) is 8.12. The van der Waals surface area contributed by atoms with E-state index < -0.39 is 5.72 Å². The zero-order chi connectivity index (χ0) is 24.7. The summed E-state index contributed by atoms with van der Waals surface area (Å²) in [5.41, 5.74) is 5.13. The second-order valence-corrected chi connectivity index (χ2v) is 11.5. The van der Waals surface area contributed by atoms with E-state index in [9.17, 15) is 4.79 Å². The molecular formula is C31H26N2O2S. The molecule has 3 aliphatic rings. The molecule has 3 aliphatic heterocycles. The lowest BCUT2D eigenvalue weighted by Crippen LogP contribution is -2.61. The molecule has 0 aliphatic carbocycles. The minimum atomic E-state index is -0.744. The van der Waals surface area contributed by atoms with Gasteiger partial charge in [0.1, 0.15) is 11.4 Å². The van der Waals surface area contributed by atoms with Gasteiger partial charge in [-0.25, -0.2) is 0 Å². The van der Waals surface area contributed by atoms with Gasteiger partial charge in [-0.15, -0.1) is 11.8 Å². The highest BCUT2D eigenvalue weighted by Gasteiger charge is 2.58. The molecule has 1 spiro atoms. The molecule has 4 aromatic rings. The third-order valence-corrected chi connectivity index (χ3v) is 9.20. The number of anilines is 1. The van der Waals surface area contributed by atoms with Crippen molar-refractivity contribution in [3.63, 3.8) is 0 Å². The highest BCUT2D eigenvalue weighted by molar-refractivity contribution is 7.99. The summed E-state index contributed by atoms with van der Waals surface area (Å²) in [5, 5.41) is 2.25. The smallest absolute Gasteiger partial charge is 0.228 e. The standard InChI is InChI=1S/C31H26N2O2S/c1-30(2)24-17-21(20-10-13-28-23(16-20)26(34)14-15-36-28)8-11-25(24)33(3)31(30)18-32-29-22-7-5-4-6-19(22)9-12-27(29)35-31/h4-13,16-18H,14-15H2,1-3H3. The van der Waals surface area contributed by atoms with Crippen LogP contribution in [0.25, 0.3) is 21.9 Å². The molecule has 0 fully saturated rings. The van der Waals surface area contributed by atoms with Crippen LogP contribution < -0.4 is 9.64 Å². The largest absolute Gasteiger partial charge is 0.459 e. The van der Waals surface area contributed by atoms with E-state index in [0.717, 1.165) is 55.2 Å². The molecule has 0 saturated carbocycles. The van der Waals surface area contributed by atoms with Gasteiger partial charge in [-0.1, -0.05) is 42.5 Å². The van der Waals surface area contributed by atoms with Crippen molar-refractivity contribution in [1.29, 1.82) is 0 Å². The van der Waals surface area contributed by atoms with Crippen LogP contribution >= 0.6 is 11.8 Å². The number of aliphatic imine (C=N–C) groups is 1. The number of nitrogens with zero attached hydrogens (tertiary/aromatic N) is 2. The first-order valence-corrected chi connectivity index (χ1v) is 13.3. The zero-order valence-electron chi connectivity index (χ0n) is 20.5. The van der Waals surface area contributed by atoms with E-state index in [0.29, 0.717) is 6.42 Å². The lowest BCUT2D eigenvalue weighted by atomic mass is 9.77. The molecule has 36 heavy (non-hydrogen) atoms. The molecule has 0 bridgehead atoms. The summed E-state index contributed by atoms with van der Waals surface area (Å²) in [6.07, 6.45) is 2.59. The van der Waals surface area contributed by atoms with Gasteiger partial charge in [0.2, 0.25) is 5.72 Å². The summed E-state index contributed by atoms with van der Waals surface area (Å²) in [6, 6.07) is 25.3. The van der Waals surface area contributed by atoms with E-state index in [1.165, 1.54) is 5.56 Å². The van der Waals surface area contributed by atoms with Gasteiger partial charge in [0.05, 0.1) is 11.6 Å². The Morgan fingerprint density at radius 2 is 1.78 bits per heavy atom. The normalized spacial score (nSPS) is 21.3. The monoisotopic (exact) mass is 490 g/mol. The number of hydrogen-bond acceptors (Lipinski definition) is 5. The topological polar surface area (TPSA) is 41.9 Å². The fourth-order valence-electron chi connectivity index (χ4n) is 5.98. The number of hydrogen-bond donors (Lipinski definition) is 0. The highest BCUT2D eigenvalue weighted by Crippen LogP contribution is 2.55. The highest BCUT2D eigenvalue weighted by atomic mass is 32.2. The summed E-state index contributed by atoms with van der Waals surface area (Å²) >= 11 is 1.77. The minimum Gasteiger partial charge on any atom is -0.459 e. The first-order chi connectivity index (χ1) is 17.4. The maximum atomic E-state index is 12.5. The molecule has 4 aromatic carbocycles. The number of thioether (sulfide) groups is 1. The number of Topliss-reactive ketones (excluding diaryl/α,β-unsaturated/α-hetero) is 1. The van der Waals surface area contributed by atoms with Crippen LogP contribution in [0.15, 0.2) is 82.7 Å². The van der Waals surface area contributed by atoms with E-state index in [1.807, 2.05) is 24.4 Å². The van der Waals surface area contributed by atoms with Crippen molar-refractivity contribution in [2.24, 2.45) is 4.99 Å². The van der Waals surface area contributed by atoms with Gasteiger partial charge in [0.25, 0.3) is 0 Å². The van der Waals surface area contributed by atoms with Gasteiger partial charge in [0.15, 0.2) is 5.78 Å². The molecule has 4 nitrogen and oxygen atoms in total. The lowest BCUT2D eigenvalue weighted by Gasteiger charge is -2.45. The number of ether oxygens (including phenoxy) is 1. The Morgan fingerprint density at radius 3 is 2.67 bits per heavy atom. The molecule has 0 radical (unpaired) electrons. The van der Waals surface area contributed by atoms with Crippen LogP contribution in [-0.4, -0.2) is 30.5 Å². The second kappa shape index (κ2) is 7.47. The Morgan fingerprint density at radius 1 is 0.972 bits per heavy atom. The van der Waals surface area contributed by atoms with Crippen molar-refractivity contribution in [2.75, 3.05) is 17.7 Å². The van der Waals surface area contributed by atoms with E-state index in [2.05, 4.69) is 80.4 Å². The van der Waals surface area contributed by atoms with Gasteiger partial charge < -0.3 is 9.64 Å². The van der Waals surface area contributed by atoms with Crippen LogP contribution in [-0.2, 0) is 5.41 Å². The van der Waals surface area contributed by atoms with E-state index in [1.54, 1.807) is 11.8 Å². The molecule has 3 heterocycles. The van der Waals surface area contributed by atoms with Crippen molar-refractivity contribution in [2.45, 2.75) is 36.3 Å². The third kappa shape index (κ3) is 2.83. The maximum Gasteiger partial charge on any atom is 0.228 e. The van der Waals surface area contributed by atoms with E-state index >= 15 is 0 Å². The zero-order valence-corrected chi connectivity index (χ0v) is 21.4. The fraction of sp³-hybridized carbons (Fsp3) is 0.226. The molecule has 1 atom stereocenters. The Hall–Kier alpha value is -3.57. The van der Waals surface area contributed by atoms with Crippen LogP contribution in [0.1, 0.15) is 36.2 Å². The summed E-state index contributed by atoms with van der Waals surface area (Å²) in [7, 11) is 2.08. The number of ketones is 1. The SMILES string of the molecule is CN1c2ccc(-c3ccc4c(c3)C(=O)CCS4)cc2C(C)(C)C12C=Nc1c(ccc3ccccc13)O2. The number of benzene rings is 4. The molecule has 0 aromatic heterocycles. The predicted molar refractivity (Wildman–Crippen MR) is 148 cm³/mol. The average molecular weight is 491 g/mol. The van der Waals surface area contributed by atoms with Crippen molar-refractivity contribution in [3.05, 3.63) is 83.9 Å². The Bertz CT molecular complexity index is 1620. The van der Waals surface area contributed by atoms with Crippen molar-refractivity contribution in [3.8, 4) is 16.9 Å². The van der Waals surface area contributed by atoms with Crippen molar-refractivity contribution >= 4 is 45.9 Å². The number of likely N-dealkylation sites (N-methyl/N-ethyl adjacent to an activating group) is 1. The molecule has 7 rings (SSSR count). The first kappa shape index (κ1) is 21.7. The van der Waals surface area contributed by atoms with Gasteiger partial charge in [-0.3, -0.25) is 9.79 Å². The van der Waals surface area contributed by atoms with Crippen molar-refractivity contribution < 1.29 is 9.53 Å². The quantitative estimate of drug-likeness (QED) is 0.279. The van der Waals surface area contributed by atoms with E-state index in [4.69, 9.17) is 9.73 Å². The van der Waals surface area contributed by atoms with Crippen LogP contribution in [0.5, 0.6) is 5.75 Å². The number of carbonyl (C=O) groups excluding carboxylic acids is 1. The molecule has 5 heteroatoms. The first-order valence-electron chi connectivity index (χ1n) is 12.3. The summed E-state index contributed by atoms with van der Waals surface area (Å²) in [5.74, 6) is 1.91. The minimum absolute atomic E-state index is 0.240. The molecular weight excluding hydrogens is 464 g/mol. The molecule has 0 saturated heterocycles. The summed E-state index contributed by atoms with van der Waals surface area (Å²) in [6.45, 7) is 4.45. The maximum absolute atomic E-state index is 12.5. The number of carbonyl (C=O) groups is 1. The van der Waals surface area contributed by atoms with Gasteiger partial charge in [-0.2, -0.15) is 0 Å². The van der Waals surface area contributed by atoms with Gasteiger partial charge in [0, 0.05) is 40.8 Å². The van der Waals surface area contributed by atoms with Crippen LogP contribution in [0.2, 0.25) is 0 Å². The predicted octanol–water partition coefficient (Wildman–Crippen LogP) is 7.40. The molecule has 0 N–H and O–H groups in total. The average Bonchev–Trinajstić information content (AvgIpc) is 3.06. The molecule has 0 amide bonds. The van der Waals surface area contributed by atoms with Crippen LogP contribution in [0.3, 0.4) is 0 Å². The molecule has 178 valence electrons. The lowest BCUT2D eigenvalue weighted by molar-refractivity contribution is 0.0827. The summed E-state index contributed by atoms with van der Waals surface area (Å²) in [4.78, 5) is 20.8. The second-order valence-electron chi connectivity index (χ2n) is 10.3. The van der Waals surface area contributed by atoms with Crippen LogP contribution in [0.4, 0.5) is 11.4 Å². The van der Waals surface area contributed by atoms with E-state index in [-0.39, 0.29) is 11.2 Å². The van der Waals surface area contributed by atoms with Crippen molar-refractivity contribution in [1.82, 2.24) is 0 Å². The van der Waals surface area contributed by atoms with Gasteiger partial charge >= 0.3 is 0 Å². The Balaban J connectivity index is 1.32. The Kier molecular flexibility index (Phi) is 4.50. The number of rotatable bonds is 1. The molecule has 1 unspecified atom stereocenters. The number of fused-ring (bicyclic) bond motifs is 5. The Labute approximate surface area is 215 Å². The fourth-order valence-corrected chi connectivity index (χ4v) is 6.98.